The van der Waals surface area contributed by atoms with Gasteiger partial charge in [-0.1, -0.05) is 6.92 Å². The van der Waals surface area contributed by atoms with Gasteiger partial charge in [0.2, 0.25) is 5.91 Å². The quantitative estimate of drug-likeness (QED) is 0.705. The fraction of sp³-hybridized carbons (Fsp3) is 0.917. The van der Waals surface area contributed by atoms with E-state index in [4.69, 9.17) is 5.11 Å². The molecule has 1 aliphatic heterocycles. The number of nitrogens with zero attached hydrogens (tertiary/aromatic N) is 2. The number of carbonyl (C=O) groups is 1. The predicted octanol–water partition coefficient (Wildman–Crippen LogP) is 0.702. The molecular formula is C12H24N2O2. The Morgan fingerprint density at radius 1 is 1.38 bits per heavy atom. The van der Waals surface area contributed by atoms with Gasteiger partial charge in [-0.25, -0.2) is 0 Å². The van der Waals surface area contributed by atoms with Gasteiger partial charge < -0.3 is 10.0 Å². The second kappa shape index (κ2) is 6.86. The van der Waals surface area contributed by atoms with E-state index in [0.717, 1.165) is 38.9 Å². The van der Waals surface area contributed by atoms with Crippen LogP contribution in [0.15, 0.2) is 0 Å². The fourth-order valence-corrected chi connectivity index (χ4v) is 2.16. The molecule has 0 aromatic heterocycles. The lowest BCUT2D eigenvalue weighted by Crippen LogP contribution is -2.52. The van der Waals surface area contributed by atoms with Crippen molar-refractivity contribution in [1.82, 2.24) is 9.80 Å². The van der Waals surface area contributed by atoms with E-state index in [1.807, 2.05) is 4.90 Å². The molecule has 1 rings (SSSR count). The normalized spacial score (nSPS) is 22.4. The van der Waals surface area contributed by atoms with Gasteiger partial charge in [0, 0.05) is 38.7 Å². The molecule has 16 heavy (non-hydrogen) atoms. The zero-order valence-electron chi connectivity index (χ0n) is 10.5. The predicted molar refractivity (Wildman–Crippen MR) is 64.2 cm³/mol. The number of carbonyl (C=O) groups excluding carboxylic acids is 1. The lowest BCUT2D eigenvalue weighted by Gasteiger charge is -2.39. The Kier molecular flexibility index (Phi) is 5.77. The van der Waals surface area contributed by atoms with Crippen molar-refractivity contribution in [1.29, 1.82) is 0 Å². The molecular weight excluding hydrogens is 204 g/mol. The Morgan fingerprint density at radius 2 is 2.12 bits per heavy atom. The Bertz CT molecular complexity index is 221. The van der Waals surface area contributed by atoms with Crippen molar-refractivity contribution >= 4 is 5.91 Å². The van der Waals surface area contributed by atoms with Crippen LogP contribution in [0.25, 0.3) is 0 Å². The van der Waals surface area contributed by atoms with E-state index in [2.05, 4.69) is 18.9 Å². The number of hydrogen-bond acceptors (Lipinski definition) is 3. The molecule has 1 aliphatic rings. The summed E-state index contributed by atoms with van der Waals surface area (Å²) in [5, 5.41) is 8.67. The Morgan fingerprint density at radius 3 is 2.75 bits per heavy atom. The summed E-state index contributed by atoms with van der Waals surface area (Å²) in [7, 11) is 2.13. The summed E-state index contributed by atoms with van der Waals surface area (Å²) in [5.41, 5.74) is 0. The van der Waals surface area contributed by atoms with Crippen LogP contribution in [0.1, 0.15) is 32.6 Å². The van der Waals surface area contributed by atoms with Crippen LogP contribution in [0.5, 0.6) is 0 Å². The number of aliphatic hydroxyl groups is 1. The zero-order chi connectivity index (χ0) is 12.0. The van der Waals surface area contributed by atoms with Crippen LogP contribution in [0.2, 0.25) is 0 Å². The maximum Gasteiger partial charge on any atom is 0.222 e. The van der Waals surface area contributed by atoms with Gasteiger partial charge in [-0.2, -0.15) is 0 Å². The van der Waals surface area contributed by atoms with E-state index in [-0.39, 0.29) is 12.5 Å². The van der Waals surface area contributed by atoms with Crippen molar-refractivity contribution < 1.29 is 9.90 Å². The van der Waals surface area contributed by atoms with E-state index in [1.165, 1.54) is 0 Å². The molecule has 1 heterocycles. The van der Waals surface area contributed by atoms with Gasteiger partial charge in [0.05, 0.1) is 0 Å². The van der Waals surface area contributed by atoms with E-state index in [1.54, 1.807) is 0 Å². The molecule has 1 atom stereocenters. The first-order chi connectivity index (χ1) is 7.69. The summed E-state index contributed by atoms with van der Waals surface area (Å²) < 4.78 is 0. The standard InChI is InChI=1S/C12H24N2O2/c1-3-11-10-14(8-7-13(11)2)12(16)6-4-5-9-15/h11,15H,3-10H2,1-2H3. The molecule has 0 aromatic rings. The van der Waals surface area contributed by atoms with Crippen LogP contribution in [0, 0.1) is 0 Å². The highest BCUT2D eigenvalue weighted by molar-refractivity contribution is 5.76. The number of likely N-dealkylation sites (N-methyl/N-ethyl adjacent to an activating group) is 1. The fourth-order valence-electron chi connectivity index (χ4n) is 2.16. The van der Waals surface area contributed by atoms with E-state index in [0.29, 0.717) is 12.5 Å². The molecule has 1 saturated heterocycles. The zero-order valence-corrected chi connectivity index (χ0v) is 10.5. The maximum absolute atomic E-state index is 11.9. The Balaban J connectivity index is 2.33. The van der Waals surface area contributed by atoms with Crippen LogP contribution in [-0.2, 0) is 4.79 Å². The van der Waals surface area contributed by atoms with Crippen molar-refractivity contribution in [3.8, 4) is 0 Å². The highest BCUT2D eigenvalue weighted by Crippen LogP contribution is 2.12. The number of aliphatic hydroxyl groups excluding tert-OH is 1. The van der Waals surface area contributed by atoms with Crippen molar-refractivity contribution in [3.63, 3.8) is 0 Å². The molecule has 0 bridgehead atoms. The summed E-state index contributed by atoms with van der Waals surface area (Å²) in [5.74, 6) is 0.250. The number of amides is 1. The molecule has 4 nitrogen and oxygen atoms in total. The largest absolute Gasteiger partial charge is 0.396 e. The number of rotatable bonds is 5. The molecule has 0 aromatic carbocycles. The molecule has 0 saturated carbocycles. The summed E-state index contributed by atoms with van der Waals surface area (Å²) in [6, 6.07) is 0.510. The third kappa shape index (κ3) is 3.76. The van der Waals surface area contributed by atoms with Crippen molar-refractivity contribution in [2.24, 2.45) is 0 Å². The average Bonchev–Trinajstić information content (AvgIpc) is 2.30. The topological polar surface area (TPSA) is 43.8 Å². The van der Waals surface area contributed by atoms with Gasteiger partial charge >= 0.3 is 0 Å². The second-order valence-corrected chi connectivity index (χ2v) is 4.56. The summed E-state index contributed by atoms with van der Waals surface area (Å²) in [6.45, 7) is 5.05. The Labute approximate surface area is 98.2 Å². The highest BCUT2D eigenvalue weighted by atomic mass is 16.3. The van der Waals surface area contributed by atoms with E-state index in [9.17, 15) is 4.79 Å². The number of unbranched alkanes of at least 4 members (excludes halogenated alkanes) is 1. The van der Waals surface area contributed by atoms with Crippen LogP contribution >= 0.6 is 0 Å². The molecule has 0 radical (unpaired) electrons. The molecule has 1 N–H and O–H groups in total. The minimum atomic E-state index is 0.188. The first kappa shape index (κ1) is 13.5. The molecule has 0 aliphatic carbocycles. The minimum Gasteiger partial charge on any atom is -0.396 e. The number of piperazine rings is 1. The summed E-state index contributed by atoms with van der Waals surface area (Å²) >= 11 is 0. The third-order valence-corrected chi connectivity index (χ3v) is 3.40. The molecule has 0 spiro atoms. The lowest BCUT2D eigenvalue weighted by atomic mass is 10.1. The second-order valence-electron chi connectivity index (χ2n) is 4.56. The molecule has 1 amide bonds. The third-order valence-electron chi connectivity index (χ3n) is 3.40. The van der Waals surface area contributed by atoms with Crippen molar-refractivity contribution in [2.45, 2.75) is 38.6 Å². The first-order valence-electron chi connectivity index (χ1n) is 6.28. The minimum absolute atomic E-state index is 0.188. The van der Waals surface area contributed by atoms with Gasteiger partial charge in [-0.3, -0.25) is 9.69 Å². The van der Waals surface area contributed by atoms with Crippen LogP contribution in [0.3, 0.4) is 0 Å². The smallest absolute Gasteiger partial charge is 0.222 e. The SMILES string of the molecule is CCC1CN(C(=O)CCCCO)CCN1C. The van der Waals surface area contributed by atoms with Crippen molar-refractivity contribution in [2.75, 3.05) is 33.3 Å². The van der Waals surface area contributed by atoms with Crippen molar-refractivity contribution in [3.05, 3.63) is 0 Å². The Hall–Kier alpha value is -0.610. The van der Waals surface area contributed by atoms with Gasteiger partial charge in [0.25, 0.3) is 0 Å². The van der Waals surface area contributed by atoms with Crippen LogP contribution in [-0.4, -0.2) is 60.1 Å². The lowest BCUT2D eigenvalue weighted by molar-refractivity contribution is -0.134. The molecule has 4 heteroatoms. The van der Waals surface area contributed by atoms with Gasteiger partial charge in [-0.15, -0.1) is 0 Å². The van der Waals surface area contributed by atoms with Crippen LogP contribution < -0.4 is 0 Å². The monoisotopic (exact) mass is 228 g/mol. The van der Waals surface area contributed by atoms with E-state index < -0.39 is 0 Å². The van der Waals surface area contributed by atoms with E-state index >= 15 is 0 Å². The van der Waals surface area contributed by atoms with Gasteiger partial charge in [0.15, 0.2) is 0 Å². The van der Waals surface area contributed by atoms with Gasteiger partial charge in [0.1, 0.15) is 0 Å². The number of hydrogen-bond donors (Lipinski definition) is 1. The summed E-state index contributed by atoms with van der Waals surface area (Å²) in [6.07, 6.45) is 3.22. The molecule has 1 unspecified atom stereocenters. The van der Waals surface area contributed by atoms with Gasteiger partial charge in [-0.05, 0) is 26.3 Å². The molecule has 1 fully saturated rings. The summed E-state index contributed by atoms with van der Waals surface area (Å²) in [4.78, 5) is 16.2. The highest BCUT2D eigenvalue weighted by Gasteiger charge is 2.25. The first-order valence-corrected chi connectivity index (χ1v) is 6.28. The van der Waals surface area contributed by atoms with Crippen LogP contribution in [0.4, 0.5) is 0 Å². The molecule has 94 valence electrons. The maximum atomic E-state index is 11.9. The average molecular weight is 228 g/mol.